The molecule has 21 heteroatoms. The summed E-state index contributed by atoms with van der Waals surface area (Å²) < 4.78 is 5.93. The number of rotatable bonds is 25. The Bertz CT molecular complexity index is 1940. The van der Waals surface area contributed by atoms with Crippen molar-refractivity contribution in [2.75, 3.05) is 58.7 Å². The monoisotopic (exact) mass is 955 g/mol. The van der Waals surface area contributed by atoms with Gasteiger partial charge in [0.15, 0.2) is 5.78 Å². The summed E-state index contributed by atoms with van der Waals surface area (Å²) in [5.74, 6) is -4.21. The van der Waals surface area contributed by atoms with Crippen LogP contribution in [0.15, 0.2) is 24.3 Å². The standard InChI is InChI=1S/C47H74N10O11/c1-28(2)38(31(7)58)53-44(64)40(30(5)6)55(9)47(67)68-41(45(65)56-26-24-54(8)25-27-56)32-16-18-33(19-17-32)50-42(62)34(14-13-22-49-46(48)66)51-43(63)39(29(3)4)52-35(59)15-11-10-12-23-57-36(60)20-21-37(57)61/h16-19,28-30,34,38-41H,10-15,20-27H2,1-9H3,(H,50,62)(H,51,63)(H,52,59)(H,53,64)(H3,48,49,66)/t34-,38-,39-,40-,41?/m0/s1. The second-order valence-electron chi connectivity index (χ2n) is 18.7. The van der Waals surface area contributed by atoms with E-state index in [0.717, 1.165) is 4.90 Å². The van der Waals surface area contributed by atoms with Gasteiger partial charge in [-0.25, -0.2) is 9.59 Å². The van der Waals surface area contributed by atoms with Crippen LogP contribution in [0, 0.1) is 17.8 Å². The van der Waals surface area contributed by atoms with E-state index in [4.69, 9.17) is 10.5 Å². The number of ether oxygens (including phenoxy) is 1. The third-order valence-corrected chi connectivity index (χ3v) is 12.1. The molecular formula is C47H74N10O11. The number of amides is 10. The van der Waals surface area contributed by atoms with Gasteiger partial charge in [0.25, 0.3) is 5.91 Å². The van der Waals surface area contributed by atoms with Crippen LogP contribution >= 0.6 is 0 Å². The molecule has 2 fully saturated rings. The molecule has 0 saturated carbocycles. The van der Waals surface area contributed by atoms with Crippen molar-refractivity contribution in [3.8, 4) is 0 Å². The summed E-state index contributed by atoms with van der Waals surface area (Å²) in [6.07, 6.45) is 0.0795. The third-order valence-electron chi connectivity index (χ3n) is 12.1. The highest BCUT2D eigenvalue weighted by Crippen LogP contribution is 2.26. The summed E-state index contributed by atoms with van der Waals surface area (Å²) in [4.78, 5) is 136. The predicted molar refractivity (Wildman–Crippen MR) is 252 cm³/mol. The van der Waals surface area contributed by atoms with Gasteiger partial charge in [-0.3, -0.25) is 48.2 Å². The molecule has 0 bridgehead atoms. The number of urea groups is 1. The van der Waals surface area contributed by atoms with Crippen molar-refractivity contribution in [1.29, 1.82) is 0 Å². The number of imide groups is 1. The molecule has 1 aromatic carbocycles. The van der Waals surface area contributed by atoms with Gasteiger partial charge in [-0.2, -0.15) is 0 Å². The number of hydrogen-bond donors (Lipinski definition) is 6. The Balaban J connectivity index is 1.77. The molecule has 7 N–H and O–H groups in total. The van der Waals surface area contributed by atoms with Gasteiger partial charge < -0.3 is 46.9 Å². The molecule has 2 heterocycles. The van der Waals surface area contributed by atoms with Crippen LogP contribution in [-0.4, -0.2) is 156 Å². The van der Waals surface area contributed by atoms with E-state index in [-0.39, 0.29) is 85.2 Å². The van der Waals surface area contributed by atoms with Crippen molar-refractivity contribution >= 4 is 64.9 Å². The minimum atomic E-state index is -1.44. The number of ketones is 1. The van der Waals surface area contributed by atoms with Gasteiger partial charge >= 0.3 is 12.1 Å². The van der Waals surface area contributed by atoms with Gasteiger partial charge in [-0.05, 0) is 69.5 Å². The molecule has 0 aromatic heterocycles. The number of carbonyl (C=O) groups excluding carboxylic acids is 10. The fourth-order valence-corrected chi connectivity index (χ4v) is 8.06. The summed E-state index contributed by atoms with van der Waals surface area (Å²) in [5, 5.41) is 13.5. The summed E-state index contributed by atoms with van der Waals surface area (Å²) in [5.41, 5.74) is 5.78. The largest absolute Gasteiger partial charge is 0.431 e. The van der Waals surface area contributed by atoms with Gasteiger partial charge in [-0.15, -0.1) is 0 Å². The lowest BCUT2D eigenvalue weighted by Gasteiger charge is -2.36. The fraction of sp³-hybridized carbons (Fsp3) is 0.660. The Hall–Kier alpha value is -6.12. The van der Waals surface area contributed by atoms with Crippen LogP contribution in [0.2, 0.25) is 0 Å². The van der Waals surface area contributed by atoms with Gasteiger partial charge in [0.05, 0.1) is 6.04 Å². The van der Waals surface area contributed by atoms with Crippen LogP contribution in [0.3, 0.4) is 0 Å². The predicted octanol–water partition coefficient (Wildman–Crippen LogP) is 2.05. The average molecular weight is 955 g/mol. The van der Waals surface area contributed by atoms with Crippen LogP contribution in [0.25, 0.3) is 0 Å². The molecule has 68 heavy (non-hydrogen) atoms. The van der Waals surface area contributed by atoms with Crippen LogP contribution in [0.5, 0.6) is 0 Å². The number of piperazine rings is 1. The van der Waals surface area contributed by atoms with Crippen LogP contribution in [-0.2, 0) is 43.1 Å². The number of benzene rings is 1. The van der Waals surface area contributed by atoms with Gasteiger partial charge in [0.1, 0.15) is 18.1 Å². The van der Waals surface area contributed by atoms with Crippen molar-refractivity contribution in [2.45, 2.75) is 130 Å². The number of hydrogen-bond acceptors (Lipinski definition) is 12. The normalized spacial score (nSPS) is 16.4. The molecule has 378 valence electrons. The Morgan fingerprint density at radius 2 is 1.34 bits per heavy atom. The molecule has 2 saturated heterocycles. The van der Waals surface area contributed by atoms with E-state index in [1.165, 1.54) is 43.1 Å². The molecule has 0 spiro atoms. The smallest absolute Gasteiger partial charge is 0.411 e. The number of likely N-dealkylation sites (N-methyl/N-ethyl adjacent to an activating group) is 2. The number of anilines is 1. The Labute approximate surface area is 399 Å². The van der Waals surface area contributed by atoms with Crippen LogP contribution in [0.1, 0.15) is 112 Å². The molecule has 2 aliphatic heterocycles. The van der Waals surface area contributed by atoms with E-state index in [1.54, 1.807) is 46.4 Å². The highest BCUT2D eigenvalue weighted by Gasteiger charge is 2.38. The van der Waals surface area contributed by atoms with Gasteiger partial charge in [0, 0.05) is 76.8 Å². The van der Waals surface area contributed by atoms with Crippen molar-refractivity contribution < 1.29 is 52.7 Å². The zero-order valence-electron chi connectivity index (χ0n) is 41.2. The second kappa shape index (κ2) is 27.0. The topological polar surface area (TPSA) is 279 Å². The molecule has 0 radical (unpaired) electrons. The maximum atomic E-state index is 14.1. The van der Waals surface area contributed by atoms with Crippen LogP contribution < -0.4 is 32.3 Å². The average Bonchev–Trinajstić information content (AvgIpc) is 3.59. The van der Waals surface area contributed by atoms with Crippen molar-refractivity contribution in [3.63, 3.8) is 0 Å². The summed E-state index contributed by atoms with van der Waals surface area (Å²) in [7, 11) is 3.33. The second-order valence-corrected chi connectivity index (χ2v) is 18.7. The highest BCUT2D eigenvalue weighted by atomic mass is 16.6. The third kappa shape index (κ3) is 17.2. The number of nitrogens with two attached hydrogens (primary N) is 1. The van der Waals surface area contributed by atoms with E-state index in [1.807, 2.05) is 7.05 Å². The Morgan fingerprint density at radius 3 is 1.88 bits per heavy atom. The molecule has 1 unspecified atom stereocenters. The summed E-state index contributed by atoms with van der Waals surface area (Å²) in [6, 6.07) is 1.37. The fourth-order valence-electron chi connectivity index (χ4n) is 8.06. The number of primary amides is 1. The molecule has 5 atom stereocenters. The Morgan fingerprint density at radius 1 is 0.735 bits per heavy atom. The number of likely N-dealkylation sites (tertiary alicyclic amines) is 1. The maximum absolute atomic E-state index is 14.1. The van der Waals surface area contributed by atoms with Gasteiger partial charge in [-0.1, -0.05) is 60.1 Å². The first-order chi connectivity index (χ1) is 32.0. The lowest BCUT2D eigenvalue weighted by molar-refractivity contribution is -0.143. The summed E-state index contributed by atoms with van der Waals surface area (Å²) in [6.45, 7) is 14.3. The molecular weight excluding hydrogens is 881 g/mol. The molecule has 0 aliphatic carbocycles. The van der Waals surface area contributed by atoms with E-state index in [2.05, 4.69) is 31.5 Å². The maximum Gasteiger partial charge on any atom is 0.411 e. The van der Waals surface area contributed by atoms with E-state index < -0.39 is 71.9 Å². The summed E-state index contributed by atoms with van der Waals surface area (Å²) >= 11 is 0. The molecule has 2 aliphatic rings. The van der Waals surface area contributed by atoms with E-state index in [9.17, 15) is 47.9 Å². The number of carbonyl (C=O) groups is 10. The quantitative estimate of drug-likeness (QED) is 0.0607. The van der Waals surface area contributed by atoms with E-state index >= 15 is 0 Å². The minimum absolute atomic E-state index is 0.0735. The number of Topliss-reactive ketones (excluding diaryl/α,β-unsaturated/α-hetero) is 1. The molecule has 10 amide bonds. The minimum Gasteiger partial charge on any atom is -0.431 e. The first-order valence-corrected chi connectivity index (χ1v) is 23.6. The number of unbranched alkanes of at least 4 members (excludes halogenated alkanes) is 2. The Kier molecular flexibility index (Phi) is 22.3. The molecule has 1 aromatic rings. The molecule has 21 nitrogen and oxygen atoms in total. The number of nitrogens with zero attached hydrogens (tertiary/aromatic N) is 4. The van der Waals surface area contributed by atoms with Crippen molar-refractivity contribution in [1.82, 2.24) is 40.9 Å². The van der Waals surface area contributed by atoms with Crippen molar-refractivity contribution in [2.24, 2.45) is 23.5 Å². The SMILES string of the molecule is CC(=O)[C@@H](NC(=O)[C@H](C(C)C)N(C)C(=O)OC(C(=O)N1CCN(C)CC1)c1ccc(NC(=O)[C@H](CCCNC(N)=O)NC(=O)[C@@H](NC(=O)CCCCCN2C(=O)CCC2=O)C(C)C)cc1)C(C)C. The zero-order valence-corrected chi connectivity index (χ0v) is 41.2. The number of nitrogens with one attached hydrogen (secondary N) is 5. The first kappa shape index (κ1) is 56.2. The van der Waals surface area contributed by atoms with E-state index in [0.29, 0.717) is 52.0 Å². The van der Waals surface area contributed by atoms with Crippen molar-refractivity contribution in [3.05, 3.63) is 29.8 Å². The zero-order chi connectivity index (χ0) is 50.8. The van der Waals surface area contributed by atoms with Crippen LogP contribution in [0.4, 0.5) is 15.3 Å². The first-order valence-electron chi connectivity index (χ1n) is 23.6. The lowest BCUT2D eigenvalue weighted by atomic mass is 9.97. The highest BCUT2D eigenvalue weighted by molar-refractivity contribution is 6.02. The molecule has 3 rings (SSSR count). The van der Waals surface area contributed by atoms with Gasteiger partial charge in [0.2, 0.25) is 41.5 Å². The lowest BCUT2D eigenvalue weighted by Crippen LogP contribution is -2.55.